The van der Waals surface area contributed by atoms with E-state index in [1.54, 1.807) is 0 Å². The number of rotatable bonds is 0. The third kappa shape index (κ3) is 2.11. The van der Waals surface area contributed by atoms with Crippen molar-refractivity contribution in [2.24, 2.45) is 0 Å². The van der Waals surface area contributed by atoms with Crippen LogP contribution in [0.3, 0.4) is 0 Å². The lowest BCUT2D eigenvalue weighted by molar-refractivity contribution is 0.101. The summed E-state index contributed by atoms with van der Waals surface area (Å²) in [7, 11) is 0. The molecule has 3 aromatic rings. The van der Waals surface area contributed by atoms with Crippen molar-refractivity contribution in [1.29, 1.82) is 0 Å². The number of allylic oxidation sites excluding steroid dienone is 2. The van der Waals surface area contributed by atoms with Gasteiger partial charge in [-0.1, -0.05) is 48.5 Å². The minimum atomic E-state index is -0.0470. The lowest BCUT2D eigenvalue weighted by Crippen LogP contribution is -2.07. The second kappa shape index (κ2) is 5.12. The lowest BCUT2D eigenvalue weighted by atomic mass is 9.93. The van der Waals surface area contributed by atoms with Gasteiger partial charge in [-0.25, -0.2) is 0 Å². The average Bonchev–Trinajstić information content (AvgIpc) is 2.89. The van der Waals surface area contributed by atoms with Crippen LogP contribution in [-0.2, 0) is 0 Å². The summed E-state index contributed by atoms with van der Waals surface area (Å²) in [4.78, 5) is 26.3. The Bertz CT molecular complexity index is 1060. The summed E-state index contributed by atoms with van der Waals surface area (Å²) in [5.41, 5.74) is 4.35. The summed E-state index contributed by atoms with van der Waals surface area (Å²) in [6.07, 6.45) is 4.24. The van der Waals surface area contributed by atoms with Gasteiger partial charge in [0.1, 0.15) is 0 Å². The second-order valence-corrected chi connectivity index (χ2v) is 6.55. The van der Waals surface area contributed by atoms with Crippen molar-refractivity contribution in [3.05, 3.63) is 94.1 Å². The Morgan fingerprint density at radius 3 is 1.52 bits per heavy atom. The minimum absolute atomic E-state index is 0.0470. The summed E-state index contributed by atoms with van der Waals surface area (Å²) in [6, 6.07) is 19.4. The second-order valence-electron chi connectivity index (χ2n) is 6.55. The molecule has 2 aliphatic carbocycles. The number of Topliss-reactive ketones (excluding diaryl/α,β-unsaturated/α-hetero) is 2. The zero-order valence-corrected chi connectivity index (χ0v) is 13.5. The maximum Gasteiger partial charge on any atom is 0.190 e. The number of benzene rings is 3. The Morgan fingerprint density at radius 2 is 1.04 bits per heavy atom. The standard InChI is InChI=1S/C23H14O2/c24-22-18-9-14-5-1-2-6-15(14)10-19(11-18)23(25)21-13-17-8-4-3-7-16(17)12-20(21)22/h1-10,12-13H,11H2. The zero-order valence-electron chi connectivity index (χ0n) is 13.5. The summed E-state index contributed by atoms with van der Waals surface area (Å²) in [6.45, 7) is 0. The quantitative estimate of drug-likeness (QED) is 0.578. The molecule has 5 rings (SSSR count). The van der Waals surface area contributed by atoms with E-state index in [0.717, 1.165) is 21.9 Å². The highest BCUT2D eigenvalue weighted by molar-refractivity contribution is 6.26. The number of hydrogen-bond donors (Lipinski definition) is 0. The molecule has 118 valence electrons. The topological polar surface area (TPSA) is 34.1 Å². The van der Waals surface area contributed by atoms with Gasteiger partial charge >= 0.3 is 0 Å². The minimum Gasteiger partial charge on any atom is -0.289 e. The molecule has 0 aromatic heterocycles. The molecule has 0 unspecified atom stereocenters. The Labute approximate surface area is 145 Å². The van der Waals surface area contributed by atoms with E-state index in [1.807, 2.05) is 72.8 Å². The van der Waals surface area contributed by atoms with Crippen LogP contribution in [0.25, 0.3) is 22.9 Å². The van der Waals surface area contributed by atoms with Crippen LogP contribution in [0.2, 0.25) is 0 Å². The third-order valence-corrected chi connectivity index (χ3v) is 4.99. The van der Waals surface area contributed by atoms with E-state index in [-0.39, 0.29) is 11.6 Å². The van der Waals surface area contributed by atoms with Crippen LogP contribution in [-0.4, -0.2) is 11.6 Å². The number of hydrogen-bond acceptors (Lipinski definition) is 2. The van der Waals surface area contributed by atoms with Crippen LogP contribution in [0.4, 0.5) is 0 Å². The maximum atomic E-state index is 13.2. The molecule has 2 aliphatic rings. The van der Waals surface area contributed by atoms with Crippen molar-refractivity contribution in [2.45, 2.75) is 6.42 Å². The summed E-state index contributed by atoms with van der Waals surface area (Å²) in [5.74, 6) is -0.0941. The summed E-state index contributed by atoms with van der Waals surface area (Å²) < 4.78 is 0. The van der Waals surface area contributed by atoms with Crippen LogP contribution >= 0.6 is 0 Å². The van der Waals surface area contributed by atoms with E-state index >= 15 is 0 Å². The molecule has 0 amide bonds. The molecule has 0 atom stereocenters. The first kappa shape index (κ1) is 14.1. The fraction of sp³-hybridized carbons (Fsp3) is 0.0435. The number of carbonyl (C=O) groups excluding carboxylic acids is 2. The molecule has 0 N–H and O–H groups in total. The van der Waals surface area contributed by atoms with E-state index in [1.165, 1.54) is 0 Å². The molecule has 0 spiro atoms. The first-order valence-corrected chi connectivity index (χ1v) is 8.33. The highest BCUT2D eigenvalue weighted by Gasteiger charge is 2.30. The summed E-state index contributed by atoms with van der Waals surface area (Å²) in [5, 5.41) is 1.96. The molecule has 0 radical (unpaired) electrons. The highest BCUT2D eigenvalue weighted by Crippen LogP contribution is 2.35. The van der Waals surface area contributed by atoms with E-state index < -0.39 is 0 Å². The van der Waals surface area contributed by atoms with Crippen LogP contribution in [0, 0.1) is 0 Å². The average molecular weight is 322 g/mol. The largest absolute Gasteiger partial charge is 0.289 e. The molecule has 0 heterocycles. The van der Waals surface area contributed by atoms with Crippen molar-refractivity contribution in [2.75, 3.05) is 0 Å². The van der Waals surface area contributed by atoms with E-state index in [4.69, 9.17) is 0 Å². The molecule has 0 saturated heterocycles. The SMILES string of the molecule is O=C1C2=Cc3ccccc3C=C(C2)C(=O)c2cc3ccccc3cc21. The van der Waals surface area contributed by atoms with Crippen molar-refractivity contribution >= 4 is 34.5 Å². The van der Waals surface area contributed by atoms with Gasteiger partial charge in [0.2, 0.25) is 0 Å². The van der Waals surface area contributed by atoms with Crippen LogP contribution in [0.15, 0.2) is 71.8 Å². The molecular formula is C23H14O2. The fourth-order valence-electron chi connectivity index (χ4n) is 3.71. The predicted octanol–water partition coefficient (Wildman–Crippen LogP) is 5.09. The number of ketones is 2. The van der Waals surface area contributed by atoms with Crippen molar-refractivity contribution in [3.8, 4) is 0 Å². The molecule has 0 saturated carbocycles. The van der Waals surface area contributed by atoms with Gasteiger partial charge in [-0.15, -0.1) is 0 Å². The first-order chi connectivity index (χ1) is 12.2. The van der Waals surface area contributed by atoms with Crippen molar-refractivity contribution in [3.63, 3.8) is 0 Å². The molecule has 0 aliphatic heterocycles. The van der Waals surface area contributed by atoms with Gasteiger partial charge in [0.05, 0.1) is 0 Å². The van der Waals surface area contributed by atoms with Gasteiger partial charge < -0.3 is 0 Å². The molecular weight excluding hydrogens is 308 g/mol. The normalized spacial score (nSPS) is 15.7. The third-order valence-electron chi connectivity index (χ3n) is 4.99. The van der Waals surface area contributed by atoms with Crippen molar-refractivity contribution < 1.29 is 9.59 Å². The molecule has 2 heteroatoms. The van der Waals surface area contributed by atoms with Crippen molar-refractivity contribution in [1.82, 2.24) is 0 Å². The molecule has 2 bridgehead atoms. The molecule has 2 nitrogen and oxygen atoms in total. The van der Waals surface area contributed by atoms with Crippen LogP contribution in [0.1, 0.15) is 38.3 Å². The predicted molar refractivity (Wildman–Crippen MR) is 99.6 cm³/mol. The van der Waals surface area contributed by atoms with E-state index in [2.05, 4.69) is 0 Å². The molecule has 3 aromatic carbocycles. The summed E-state index contributed by atoms with van der Waals surface area (Å²) >= 11 is 0. The first-order valence-electron chi connectivity index (χ1n) is 8.33. The van der Waals surface area contributed by atoms with Gasteiger partial charge in [0.25, 0.3) is 0 Å². The Morgan fingerprint density at radius 1 is 0.600 bits per heavy atom. The monoisotopic (exact) mass is 322 g/mol. The fourth-order valence-corrected chi connectivity index (χ4v) is 3.71. The molecule has 0 fully saturated rings. The van der Waals surface area contributed by atoms with Gasteiger partial charge in [-0.05, 0) is 46.2 Å². The number of carbonyl (C=O) groups is 2. The Balaban J connectivity index is 1.83. The van der Waals surface area contributed by atoms with E-state index in [0.29, 0.717) is 28.7 Å². The smallest absolute Gasteiger partial charge is 0.190 e. The van der Waals surface area contributed by atoms with Crippen LogP contribution in [0.5, 0.6) is 0 Å². The number of fused-ring (bicyclic) bond motifs is 5. The lowest BCUT2D eigenvalue weighted by Gasteiger charge is -2.09. The van der Waals surface area contributed by atoms with Gasteiger partial charge in [0.15, 0.2) is 11.6 Å². The van der Waals surface area contributed by atoms with E-state index in [9.17, 15) is 9.59 Å². The maximum absolute atomic E-state index is 13.2. The highest BCUT2D eigenvalue weighted by atomic mass is 16.1. The zero-order chi connectivity index (χ0) is 17.0. The Hall–Kier alpha value is -3.26. The van der Waals surface area contributed by atoms with Gasteiger partial charge in [-0.2, -0.15) is 0 Å². The molecule has 25 heavy (non-hydrogen) atoms. The van der Waals surface area contributed by atoms with Gasteiger partial charge in [0, 0.05) is 28.7 Å². The van der Waals surface area contributed by atoms with Gasteiger partial charge in [-0.3, -0.25) is 9.59 Å². The van der Waals surface area contributed by atoms with Crippen LogP contribution < -0.4 is 0 Å². The Kier molecular flexibility index (Phi) is 2.89.